The summed E-state index contributed by atoms with van der Waals surface area (Å²) in [7, 11) is 0. The zero-order chi connectivity index (χ0) is 10.6. The first kappa shape index (κ1) is 10.9. The van der Waals surface area contributed by atoms with Gasteiger partial charge in [0.1, 0.15) is 11.6 Å². The molecule has 0 bridgehead atoms. The van der Waals surface area contributed by atoms with Gasteiger partial charge in [-0.05, 0) is 20.8 Å². The minimum absolute atomic E-state index is 0.0322. The lowest BCUT2D eigenvalue weighted by atomic mass is 10.3. The number of hydrogen-bond acceptors (Lipinski definition) is 5. The van der Waals surface area contributed by atoms with Crippen LogP contribution in [0.4, 0.5) is 5.13 Å². The van der Waals surface area contributed by atoms with Crippen LogP contribution in [0.2, 0.25) is 0 Å². The highest BCUT2D eigenvalue weighted by molar-refractivity contribution is 7.13. The smallest absolute Gasteiger partial charge is 0.242 e. The van der Waals surface area contributed by atoms with Gasteiger partial charge in [0.05, 0.1) is 0 Å². The first-order chi connectivity index (χ1) is 6.59. The van der Waals surface area contributed by atoms with Crippen molar-refractivity contribution in [3.05, 3.63) is 5.51 Å². The number of anilines is 1. The molecule has 78 valence electrons. The van der Waals surface area contributed by atoms with Crippen LogP contribution in [-0.2, 0) is 4.79 Å². The third-order valence-electron chi connectivity index (χ3n) is 1.52. The van der Waals surface area contributed by atoms with Gasteiger partial charge in [-0.1, -0.05) is 11.3 Å². The monoisotopic (exact) mass is 214 g/mol. The molecule has 5 nitrogen and oxygen atoms in total. The molecule has 0 saturated carbocycles. The van der Waals surface area contributed by atoms with Crippen molar-refractivity contribution < 1.29 is 4.79 Å². The van der Waals surface area contributed by atoms with Gasteiger partial charge < -0.3 is 10.6 Å². The molecule has 0 aromatic carbocycles. The normalized spacial score (nSPS) is 12.6. The first-order valence-corrected chi connectivity index (χ1v) is 5.30. The maximum absolute atomic E-state index is 11.5. The van der Waals surface area contributed by atoms with E-state index in [1.807, 2.05) is 13.8 Å². The van der Waals surface area contributed by atoms with Gasteiger partial charge in [-0.25, -0.2) is 0 Å². The van der Waals surface area contributed by atoms with Crippen LogP contribution in [0, 0.1) is 0 Å². The molecule has 14 heavy (non-hydrogen) atoms. The van der Waals surface area contributed by atoms with E-state index < -0.39 is 0 Å². The molecule has 1 aromatic rings. The van der Waals surface area contributed by atoms with Crippen molar-refractivity contribution in [1.29, 1.82) is 0 Å². The molecule has 0 spiro atoms. The van der Waals surface area contributed by atoms with Gasteiger partial charge in [0.15, 0.2) is 0 Å². The van der Waals surface area contributed by atoms with Crippen molar-refractivity contribution in [2.75, 3.05) is 5.32 Å². The quantitative estimate of drug-likeness (QED) is 0.780. The van der Waals surface area contributed by atoms with Crippen molar-refractivity contribution in [3.8, 4) is 0 Å². The van der Waals surface area contributed by atoms with Crippen molar-refractivity contribution in [3.63, 3.8) is 0 Å². The Morgan fingerprint density at radius 2 is 2.21 bits per heavy atom. The molecule has 6 heteroatoms. The minimum atomic E-state index is -0.287. The first-order valence-electron chi connectivity index (χ1n) is 4.42. The van der Waals surface area contributed by atoms with Gasteiger partial charge in [-0.2, -0.15) is 0 Å². The molecule has 0 aliphatic rings. The Kier molecular flexibility index (Phi) is 3.82. The molecular formula is C8H14N4OS. The van der Waals surface area contributed by atoms with Crippen LogP contribution in [-0.4, -0.2) is 28.2 Å². The van der Waals surface area contributed by atoms with Crippen LogP contribution in [0.1, 0.15) is 20.8 Å². The molecule has 1 atom stereocenters. The molecule has 2 N–H and O–H groups in total. The molecule has 0 aliphatic heterocycles. The fraction of sp³-hybridized carbons (Fsp3) is 0.625. The van der Waals surface area contributed by atoms with Crippen LogP contribution in [0.3, 0.4) is 0 Å². The lowest BCUT2D eigenvalue weighted by molar-refractivity contribution is -0.122. The number of amides is 1. The number of carbonyl (C=O) groups is 1. The Balaban J connectivity index is 2.42. The van der Waals surface area contributed by atoms with E-state index >= 15 is 0 Å². The van der Waals surface area contributed by atoms with E-state index in [9.17, 15) is 4.79 Å². The molecular weight excluding hydrogens is 200 g/mol. The Bertz CT molecular complexity index is 286. The number of aromatic nitrogens is 2. The maximum atomic E-state index is 11.5. The number of hydrogen-bond donors (Lipinski definition) is 2. The third-order valence-corrected chi connectivity index (χ3v) is 2.15. The van der Waals surface area contributed by atoms with Crippen molar-refractivity contribution >= 4 is 22.4 Å². The number of nitrogens with zero attached hydrogens (tertiary/aromatic N) is 2. The summed E-state index contributed by atoms with van der Waals surface area (Å²) < 4.78 is 0. The second kappa shape index (κ2) is 4.90. The Morgan fingerprint density at radius 3 is 2.71 bits per heavy atom. The molecule has 1 unspecified atom stereocenters. The molecule has 1 heterocycles. The van der Waals surface area contributed by atoms with Crippen molar-refractivity contribution in [2.24, 2.45) is 0 Å². The van der Waals surface area contributed by atoms with Gasteiger partial charge >= 0.3 is 0 Å². The average Bonchev–Trinajstić information content (AvgIpc) is 2.55. The number of rotatable bonds is 4. The van der Waals surface area contributed by atoms with E-state index in [1.165, 1.54) is 11.3 Å². The maximum Gasteiger partial charge on any atom is 0.242 e. The Hall–Kier alpha value is -1.17. The number of carbonyl (C=O) groups excluding carboxylic acids is 1. The van der Waals surface area contributed by atoms with E-state index in [1.54, 1.807) is 12.4 Å². The fourth-order valence-electron chi connectivity index (χ4n) is 0.896. The predicted molar refractivity (Wildman–Crippen MR) is 56.3 cm³/mol. The zero-order valence-corrected chi connectivity index (χ0v) is 9.26. The molecule has 0 fully saturated rings. The van der Waals surface area contributed by atoms with E-state index in [2.05, 4.69) is 20.8 Å². The van der Waals surface area contributed by atoms with Gasteiger partial charge in [0, 0.05) is 6.04 Å². The van der Waals surface area contributed by atoms with Crippen molar-refractivity contribution in [2.45, 2.75) is 32.9 Å². The second-order valence-corrected chi connectivity index (χ2v) is 4.11. The third kappa shape index (κ3) is 3.29. The standard InChI is InChI=1S/C8H14N4OS/c1-5(2)10-7(13)6(3)11-8-12-9-4-14-8/h4-6H,1-3H3,(H,10,13)(H,11,12). The topological polar surface area (TPSA) is 66.9 Å². The summed E-state index contributed by atoms with van der Waals surface area (Å²) in [6.45, 7) is 5.64. The van der Waals surface area contributed by atoms with Crippen molar-refractivity contribution in [1.82, 2.24) is 15.5 Å². The predicted octanol–water partition coefficient (Wildman–Crippen LogP) is 0.863. The molecule has 0 aliphatic carbocycles. The fourth-order valence-corrected chi connectivity index (χ4v) is 1.43. The van der Waals surface area contributed by atoms with Gasteiger partial charge in [0.25, 0.3) is 0 Å². The van der Waals surface area contributed by atoms with Crippen LogP contribution in [0.5, 0.6) is 0 Å². The van der Waals surface area contributed by atoms with Gasteiger partial charge in [0.2, 0.25) is 11.0 Å². The van der Waals surface area contributed by atoms with Gasteiger partial charge in [-0.3, -0.25) is 4.79 Å². The van der Waals surface area contributed by atoms with Crippen LogP contribution >= 0.6 is 11.3 Å². The second-order valence-electron chi connectivity index (χ2n) is 3.27. The van der Waals surface area contributed by atoms with E-state index in [-0.39, 0.29) is 18.0 Å². The summed E-state index contributed by atoms with van der Waals surface area (Å²) in [5.74, 6) is -0.0322. The lowest BCUT2D eigenvalue weighted by Crippen LogP contribution is -2.40. The van der Waals surface area contributed by atoms with Crippen LogP contribution in [0.25, 0.3) is 0 Å². The van der Waals surface area contributed by atoms with E-state index in [0.29, 0.717) is 5.13 Å². The van der Waals surface area contributed by atoms with Gasteiger partial charge in [-0.15, -0.1) is 10.2 Å². The summed E-state index contributed by atoms with van der Waals surface area (Å²) >= 11 is 1.37. The zero-order valence-electron chi connectivity index (χ0n) is 8.44. The van der Waals surface area contributed by atoms with Crippen LogP contribution < -0.4 is 10.6 Å². The highest BCUT2D eigenvalue weighted by Gasteiger charge is 2.13. The molecule has 1 amide bonds. The molecule has 1 aromatic heterocycles. The molecule has 0 saturated heterocycles. The lowest BCUT2D eigenvalue weighted by Gasteiger charge is -2.14. The summed E-state index contributed by atoms with van der Waals surface area (Å²) in [6.07, 6.45) is 0. The summed E-state index contributed by atoms with van der Waals surface area (Å²) in [5.41, 5.74) is 1.62. The van der Waals surface area contributed by atoms with E-state index in [0.717, 1.165) is 0 Å². The minimum Gasteiger partial charge on any atom is -0.352 e. The number of nitrogens with one attached hydrogen (secondary N) is 2. The highest BCUT2D eigenvalue weighted by atomic mass is 32.1. The Morgan fingerprint density at radius 1 is 1.50 bits per heavy atom. The summed E-state index contributed by atoms with van der Waals surface area (Å²) in [6, 6.07) is -0.133. The van der Waals surface area contributed by atoms with E-state index in [4.69, 9.17) is 0 Å². The average molecular weight is 214 g/mol. The highest BCUT2D eigenvalue weighted by Crippen LogP contribution is 2.09. The SMILES string of the molecule is CC(C)NC(=O)C(C)Nc1nncs1. The molecule has 0 radical (unpaired) electrons. The van der Waals surface area contributed by atoms with Crippen LogP contribution in [0.15, 0.2) is 5.51 Å². The Labute approximate surface area is 86.9 Å². The molecule has 1 rings (SSSR count). The summed E-state index contributed by atoms with van der Waals surface area (Å²) in [4.78, 5) is 11.5. The summed E-state index contributed by atoms with van der Waals surface area (Å²) in [5, 5.41) is 13.9. The largest absolute Gasteiger partial charge is 0.352 e.